The van der Waals surface area contributed by atoms with Crippen molar-refractivity contribution in [2.45, 2.75) is 13.5 Å². The van der Waals surface area contributed by atoms with Crippen LogP contribution in [-0.4, -0.2) is 15.9 Å². The third-order valence-corrected chi connectivity index (χ3v) is 4.49. The lowest BCUT2D eigenvalue weighted by Gasteiger charge is -2.10. The van der Waals surface area contributed by atoms with Crippen LogP contribution >= 0.6 is 15.9 Å². The van der Waals surface area contributed by atoms with E-state index in [1.165, 1.54) is 0 Å². The molecule has 2 heterocycles. The molecule has 2 N–H and O–H groups in total. The molecule has 126 valence electrons. The summed E-state index contributed by atoms with van der Waals surface area (Å²) in [5.41, 5.74) is 4.05. The number of benzene rings is 1. The Hall–Kier alpha value is -2.73. The molecule has 3 rings (SSSR count). The van der Waals surface area contributed by atoms with Crippen LogP contribution in [0, 0.1) is 6.92 Å². The van der Waals surface area contributed by atoms with Crippen LogP contribution in [0.1, 0.15) is 21.7 Å². The Kier molecular flexibility index (Phi) is 5.40. The molecule has 1 aromatic carbocycles. The highest BCUT2D eigenvalue weighted by Crippen LogP contribution is 2.23. The molecule has 0 fully saturated rings. The molecule has 0 bridgehead atoms. The van der Waals surface area contributed by atoms with E-state index in [1.807, 2.05) is 49.4 Å². The summed E-state index contributed by atoms with van der Waals surface area (Å²) in [5.74, 6) is -0.235. The minimum absolute atomic E-state index is 0.235. The Morgan fingerprint density at radius 3 is 2.64 bits per heavy atom. The van der Waals surface area contributed by atoms with Crippen molar-refractivity contribution in [3.8, 4) is 0 Å². The number of halogens is 1. The van der Waals surface area contributed by atoms with Gasteiger partial charge in [0.05, 0.1) is 12.2 Å². The molecule has 25 heavy (non-hydrogen) atoms. The summed E-state index contributed by atoms with van der Waals surface area (Å²) in [7, 11) is 0. The van der Waals surface area contributed by atoms with Gasteiger partial charge in [0.25, 0.3) is 5.91 Å². The Labute approximate surface area is 154 Å². The molecule has 0 saturated carbocycles. The van der Waals surface area contributed by atoms with E-state index in [0.717, 1.165) is 27.1 Å². The normalized spacial score (nSPS) is 10.3. The van der Waals surface area contributed by atoms with Crippen LogP contribution in [0.2, 0.25) is 0 Å². The van der Waals surface area contributed by atoms with Gasteiger partial charge in [0.2, 0.25) is 0 Å². The fourth-order valence-electron chi connectivity index (χ4n) is 2.29. The van der Waals surface area contributed by atoms with Crippen LogP contribution in [0.3, 0.4) is 0 Å². The molecule has 2 aromatic heterocycles. The predicted molar refractivity (Wildman–Crippen MR) is 102 cm³/mol. The maximum absolute atomic E-state index is 12.3. The molecule has 5 nitrogen and oxygen atoms in total. The van der Waals surface area contributed by atoms with E-state index in [9.17, 15) is 4.79 Å². The van der Waals surface area contributed by atoms with Gasteiger partial charge in [0.15, 0.2) is 0 Å². The highest BCUT2D eigenvalue weighted by atomic mass is 79.9. The van der Waals surface area contributed by atoms with Gasteiger partial charge in [-0.25, -0.2) is 0 Å². The van der Waals surface area contributed by atoms with Gasteiger partial charge in [-0.3, -0.25) is 14.8 Å². The van der Waals surface area contributed by atoms with Gasteiger partial charge < -0.3 is 10.6 Å². The topological polar surface area (TPSA) is 66.9 Å². The number of amides is 1. The molecule has 0 unspecified atom stereocenters. The minimum Gasteiger partial charge on any atom is -0.355 e. The zero-order chi connectivity index (χ0) is 17.6. The summed E-state index contributed by atoms with van der Waals surface area (Å²) in [5, 5.41) is 6.11. The molecule has 0 atom stereocenters. The van der Waals surface area contributed by atoms with Gasteiger partial charge >= 0.3 is 0 Å². The average Bonchev–Trinajstić information content (AvgIpc) is 2.64. The second-order valence-corrected chi connectivity index (χ2v) is 6.38. The van der Waals surface area contributed by atoms with Gasteiger partial charge in [0.1, 0.15) is 5.69 Å². The minimum atomic E-state index is -0.235. The van der Waals surface area contributed by atoms with Crippen molar-refractivity contribution >= 4 is 33.2 Å². The van der Waals surface area contributed by atoms with Crippen molar-refractivity contribution in [1.82, 2.24) is 15.3 Å². The number of anilines is 2. The maximum atomic E-state index is 12.3. The Balaban J connectivity index is 1.68. The maximum Gasteiger partial charge on any atom is 0.270 e. The number of pyridine rings is 2. The van der Waals surface area contributed by atoms with E-state index in [-0.39, 0.29) is 5.91 Å². The highest BCUT2D eigenvalue weighted by molar-refractivity contribution is 9.10. The van der Waals surface area contributed by atoms with Crippen molar-refractivity contribution in [1.29, 1.82) is 0 Å². The SMILES string of the molecule is Cc1cc(Nc2ccnc(C(=O)NCc3ccccn3)c2)ccc1Br. The summed E-state index contributed by atoms with van der Waals surface area (Å²) in [6, 6.07) is 15.1. The van der Waals surface area contributed by atoms with Gasteiger partial charge in [-0.05, 0) is 55.0 Å². The number of aromatic nitrogens is 2. The van der Waals surface area contributed by atoms with Gasteiger partial charge in [0, 0.05) is 28.2 Å². The number of carbonyl (C=O) groups excluding carboxylic acids is 1. The van der Waals surface area contributed by atoms with E-state index in [1.54, 1.807) is 18.5 Å². The number of rotatable bonds is 5. The van der Waals surface area contributed by atoms with E-state index in [4.69, 9.17) is 0 Å². The lowest BCUT2D eigenvalue weighted by atomic mass is 10.2. The standard InChI is InChI=1S/C19H17BrN4O/c1-13-10-14(5-6-17(13)20)24-15-7-9-22-18(11-15)19(25)23-12-16-4-2-3-8-21-16/h2-11H,12H2,1H3,(H,22,24)(H,23,25). The fraction of sp³-hybridized carbons (Fsp3) is 0.105. The first-order valence-corrected chi connectivity index (χ1v) is 8.58. The zero-order valence-corrected chi connectivity index (χ0v) is 15.2. The number of hydrogen-bond acceptors (Lipinski definition) is 4. The van der Waals surface area contributed by atoms with E-state index in [0.29, 0.717) is 12.2 Å². The smallest absolute Gasteiger partial charge is 0.270 e. The Bertz CT molecular complexity index is 884. The van der Waals surface area contributed by atoms with Crippen LogP contribution in [0.5, 0.6) is 0 Å². The van der Waals surface area contributed by atoms with Crippen molar-refractivity contribution in [2.24, 2.45) is 0 Å². The largest absolute Gasteiger partial charge is 0.355 e. The summed E-state index contributed by atoms with van der Waals surface area (Å²) < 4.78 is 1.06. The quantitative estimate of drug-likeness (QED) is 0.677. The van der Waals surface area contributed by atoms with Gasteiger partial charge in [-0.1, -0.05) is 22.0 Å². The molecule has 0 saturated heterocycles. The highest BCUT2D eigenvalue weighted by Gasteiger charge is 2.08. The fourth-order valence-corrected chi connectivity index (χ4v) is 2.53. The third kappa shape index (κ3) is 4.64. The molecule has 3 aromatic rings. The second kappa shape index (κ2) is 7.90. The van der Waals surface area contributed by atoms with Gasteiger partial charge in [-0.2, -0.15) is 0 Å². The second-order valence-electron chi connectivity index (χ2n) is 5.52. The van der Waals surface area contributed by atoms with E-state index >= 15 is 0 Å². The van der Waals surface area contributed by atoms with Gasteiger partial charge in [-0.15, -0.1) is 0 Å². The number of carbonyl (C=O) groups is 1. The van der Waals surface area contributed by atoms with E-state index in [2.05, 4.69) is 36.5 Å². The summed E-state index contributed by atoms with van der Waals surface area (Å²) in [6.07, 6.45) is 3.31. The van der Waals surface area contributed by atoms with Crippen LogP contribution in [0.25, 0.3) is 0 Å². The van der Waals surface area contributed by atoms with Crippen molar-refractivity contribution < 1.29 is 4.79 Å². The first-order chi connectivity index (χ1) is 12.1. The monoisotopic (exact) mass is 396 g/mol. The van der Waals surface area contributed by atoms with Crippen molar-refractivity contribution in [3.63, 3.8) is 0 Å². The molecular weight excluding hydrogens is 380 g/mol. The lowest BCUT2D eigenvalue weighted by Crippen LogP contribution is -2.24. The molecule has 0 radical (unpaired) electrons. The summed E-state index contributed by atoms with van der Waals surface area (Å²) in [4.78, 5) is 20.6. The summed E-state index contributed by atoms with van der Waals surface area (Å²) in [6.45, 7) is 2.39. The summed E-state index contributed by atoms with van der Waals surface area (Å²) >= 11 is 3.49. The molecule has 0 aliphatic heterocycles. The first kappa shape index (κ1) is 17.1. The number of nitrogens with one attached hydrogen (secondary N) is 2. The van der Waals surface area contributed by atoms with Crippen LogP contribution < -0.4 is 10.6 Å². The van der Waals surface area contributed by atoms with E-state index < -0.39 is 0 Å². The molecule has 0 spiro atoms. The number of aryl methyl sites for hydroxylation is 1. The van der Waals surface area contributed by atoms with Crippen molar-refractivity contribution in [3.05, 3.63) is 82.3 Å². The molecule has 6 heteroatoms. The zero-order valence-electron chi connectivity index (χ0n) is 13.7. The molecule has 1 amide bonds. The third-order valence-electron chi connectivity index (χ3n) is 3.60. The Morgan fingerprint density at radius 1 is 1.04 bits per heavy atom. The molecule has 0 aliphatic rings. The van der Waals surface area contributed by atoms with Crippen molar-refractivity contribution in [2.75, 3.05) is 5.32 Å². The molecular formula is C19H17BrN4O. The number of nitrogens with zero attached hydrogens (tertiary/aromatic N) is 2. The number of hydrogen-bond donors (Lipinski definition) is 2. The Morgan fingerprint density at radius 2 is 1.88 bits per heavy atom. The van der Waals surface area contributed by atoms with Crippen LogP contribution in [0.15, 0.2) is 65.4 Å². The first-order valence-electron chi connectivity index (χ1n) is 7.79. The molecule has 0 aliphatic carbocycles. The predicted octanol–water partition coefficient (Wildman–Crippen LogP) is 4.22. The van der Waals surface area contributed by atoms with Crippen LogP contribution in [0.4, 0.5) is 11.4 Å². The lowest BCUT2D eigenvalue weighted by molar-refractivity contribution is 0.0945. The average molecular weight is 397 g/mol. The van der Waals surface area contributed by atoms with Crippen LogP contribution in [-0.2, 0) is 6.54 Å².